The molecule has 0 fully saturated rings. The fourth-order valence-electron chi connectivity index (χ4n) is 3.55. The lowest BCUT2D eigenvalue weighted by atomic mass is 10.0. The Kier molecular flexibility index (Phi) is 4.36. The van der Waals surface area contributed by atoms with Crippen LogP contribution in [0.1, 0.15) is 5.56 Å². The Balaban J connectivity index is 2.08. The fraction of sp³-hybridized carbons (Fsp3) is 0.130. The number of aromatic nitrogens is 1. The first-order chi connectivity index (χ1) is 12.4. The molecule has 3 aromatic carbocycles. The number of likely N-dealkylation sites (N-methyl/N-ethyl adjacent to an activating group) is 1. The van der Waals surface area contributed by atoms with Crippen LogP contribution in [0.25, 0.3) is 27.8 Å². The molecule has 1 heterocycles. The molecule has 25 heavy (non-hydrogen) atoms. The Bertz CT molecular complexity index is 969. The van der Waals surface area contributed by atoms with Gasteiger partial charge in [-0.1, -0.05) is 66.7 Å². The maximum absolute atomic E-state index is 3.30. The first-order valence-corrected chi connectivity index (χ1v) is 8.78. The predicted molar refractivity (Wildman–Crippen MR) is 106 cm³/mol. The van der Waals surface area contributed by atoms with E-state index < -0.39 is 0 Å². The number of benzene rings is 3. The van der Waals surface area contributed by atoms with E-state index >= 15 is 0 Å². The molecule has 0 atom stereocenters. The van der Waals surface area contributed by atoms with E-state index in [9.17, 15) is 0 Å². The van der Waals surface area contributed by atoms with Crippen molar-refractivity contribution in [3.05, 3.63) is 90.5 Å². The van der Waals surface area contributed by atoms with Gasteiger partial charge in [0, 0.05) is 11.1 Å². The van der Waals surface area contributed by atoms with Gasteiger partial charge in [0.25, 0.3) is 0 Å². The Morgan fingerprint density at radius 2 is 1.40 bits per heavy atom. The first kappa shape index (κ1) is 15.7. The number of hydrogen-bond acceptors (Lipinski definition) is 1. The van der Waals surface area contributed by atoms with Crippen LogP contribution in [0.3, 0.4) is 0 Å². The summed E-state index contributed by atoms with van der Waals surface area (Å²) in [7, 11) is 2.01. The molecule has 0 saturated heterocycles. The number of rotatable bonds is 5. The van der Waals surface area contributed by atoms with Crippen LogP contribution in [-0.2, 0) is 6.42 Å². The van der Waals surface area contributed by atoms with E-state index in [-0.39, 0.29) is 0 Å². The summed E-state index contributed by atoms with van der Waals surface area (Å²) >= 11 is 0. The minimum atomic E-state index is 0.961. The van der Waals surface area contributed by atoms with Gasteiger partial charge in [-0.15, -0.1) is 0 Å². The molecule has 0 amide bonds. The fourth-order valence-corrected chi connectivity index (χ4v) is 3.55. The second-order valence-electron chi connectivity index (χ2n) is 6.23. The van der Waals surface area contributed by atoms with Crippen LogP contribution in [0.4, 0.5) is 0 Å². The molecule has 0 aliphatic rings. The molecule has 4 aromatic rings. The van der Waals surface area contributed by atoms with Crippen LogP contribution in [0.5, 0.6) is 0 Å². The molecule has 0 spiro atoms. The van der Waals surface area contributed by atoms with Crippen molar-refractivity contribution < 1.29 is 0 Å². The first-order valence-electron chi connectivity index (χ1n) is 8.78. The van der Waals surface area contributed by atoms with E-state index in [4.69, 9.17) is 0 Å². The van der Waals surface area contributed by atoms with E-state index in [0.717, 1.165) is 13.0 Å². The van der Waals surface area contributed by atoms with Crippen LogP contribution >= 0.6 is 0 Å². The van der Waals surface area contributed by atoms with E-state index in [1.165, 1.54) is 33.4 Å². The highest BCUT2D eigenvalue weighted by Crippen LogP contribution is 2.36. The van der Waals surface area contributed by atoms with Crippen molar-refractivity contribution in [3.63, 3.8) is 0 Å². The van der Waals surface area contributed by atoms with Gasteiger partial charge >= 0.3 is 0 Å². The quantitative estimate of drug-likeness (QED) is 0.542. The minimum Gasteiger partial charge on any atom is -0.319 e. The number of nitrogens with one attached hydrogen (secondary N) is 1. The third-order valence-corrected chi connectivity index (χ3v) is 4.67. The Hall–Kier alpha value is -2.84. The molecular formula is C23H22N2. The third kappa shape index (κ3) is 2.86. The van der Waals surface area contributed by atoms with Gasteiger partial charge in [0.15, 0.2) is 0 Å². The summed E-state index contributed by atoms with van der Waals surface area (Å²) in [4.78, 5) is 0. The molecular weight excluding hydrogens is 304 g/mol. The van der Waals surface area contributed by atoms with Gasteiger partial charge < -0.3 is 9.88 Å². The highest BCUT2D eigenvalue weighted by molar-refractivity contribution is 5.93. The molecule has 1 aromatic heterocycles. The molecule has 4 rings (SSSR count). The number of para-hydroxylation sites is 2. The highest BCUT2D eigenvalue weighted by atomic mass is 15.0. The molecule has 2 heteroatoms. The lowest BCUT2D eigenvalue weighted by Crippen LogP contribution is -2.11. The van der Waals surface area contributed by atoms with E-state index in [1.807, 2.05) is 7.05 Å². The molecule has 124 valence electrons. The van der Waals surface area contributed by atoms with Gasteiger partial charge in [0.05, 0.1) is 11.2 Å². The monoisotopic (exact) mass is 326 g/mol. The maximum atomic E-state index is 3.30. The lowest BCUT2D eigenvalue weighted by Gasteiger charge is -2.13. The van der Waals surface area contributed by atoms with Crippen molar-refractivity contribution in [1.29, 1.82) is 0 Å². The minimum absolute atomic E-state index is 0.961. The topological polar surface area (TPSA) is 17.0 Å². The van der Waals surface area contributed by atoms with Crippen molar-refractivity contribution in [2.24, 2.45) is 0 Å². The van der Waals surface area contributed by atoms with Crippen LogP contribution in [-0.4, -0.2) is 18.2 Å². The summed E-state index contributed by atoms with van der Waals surface area (Å²) in [6.45, 7) is 0.961. The standard InChI is InChI=1S/C23H22N2/c1-24-17-16-21-20-14-8-9-15-22(20)25(19-12-6-3-7-13-19)23(21)18-10-4-2-5-11-18/h2-15,24H,16-17H2,1H3. The normalized spacial score (nSPS) is 11.1. The molecule has 0 aliphatic heterocycles. The molecule has 1 N–H and O–H groups in total. The summed E-state index contributed by atoms with van der Waals surface area (Å²) in [6, 6.07) is 30.1. The average molecular weight is 326 g/mol. The van der Waals surface area contributed by atoms with Crippen LogP contribution in [0.2, 0.25) is 0 Å². The van der Waals surface area contributed by atoms with Crippen LogP contribution in [0.15, 0.2) is 84.9 Å². The van der Waals surface area contributed by atoms with Gasteiger partial charge in [-0.25, -0.2) is 0 Å². The Morgan fingerprint density at radius 3 is 2.12 bits per heavy atom. The van der Waals surface area contributed by atoms with Gasteiger partial charge in [0.1, 0.15) is 0 Å². The van der Waals surface area contributed by atoms with Gasteiger partial charge in [-0.2, -0.15) is 0 Å². The van der Waals surface area contributed by atoms with Crippen LogP contribution < -0.4 is 5.32 Å². The Labute approximate surface area is 148 Å². The second kappa shape index (κ2) is 6.96. The zero-order chi connectivity index (χ0) is 17.1. The lowest BCUT2D eigenvalue weighted by molar-refractivity contribution is 0.794. The summed E-state index contributed by atoms with van der Waals surface area (Å²) in [5.74, 6) is 0. The third-order valence-electron chi connectivity index (χ3n) is 4.67. The molecule has 0 aliphatic carbocycles. The van der Waals surface area contributed by atoms with Crippen molar-refractivity contribution >= 4 is 10.9 Å². The van der Waals surface area contributed by atoms with Crippen molar-refractivity contribution in [3.8, 4) is 16.9 Å². The van der Waals surface area contributed by atoms with Gasteiger partial charge in [0.2, 0.25) is 0 Å². The molecule has 0 unspecified atom stereocenters. The van der Waals surface area contributed by atoms with Gasteiger partial charge in [-0.05, 0) is 49.3 Å². The molecule has 2 nitrogen and oxygen atoms in total. The number of hydrogen-bond donors (Lipinski definition) is 1. The summed E-state index contributed by atoms with van der Waals surface area (Å²) in [5.41, 5.74) is 6.42. The predicted octanol–water partition coefficient (Wildman–Crippen LogP) is 5.06. The smallest absolute Gasteiger partial charge is 0.0573 e. The SMILES string of the molecule is CNCCc1c(-c2ccccc2)n(-c2ccccc2)c2ccccc12. The van der Waals surface area contributed by atoms with E-state index in [1.54, 1.807) is 0 Å². The van der Waals surface area contributed by atoms with Gasteiger partial charge in [-0.3, -0.25) is 0 Å². The van der Waals surface area contributed by atoms with E-state index in [0.29, 0.717) is 0 Å². The summed E-state index contributed by atoms with van der Waals surface area (Å²) in [6.07, 6.45) is 1.00. The number of nitrogens with zero attached hydrogens (tertiary/aromatic N) is 1. The molecule has 0 radical (unpaired) electrons. The summed E-state index contributed by atoms with van der Waals surface area (Å²) in [5, 5.41) is 4.63. The zero-order valence-corrected chi connectivity index (χ0v) is 14.4. The maximum Gasteiger partial charge on any atom is 0.0573 e. The zero-order valence-electron chi connectivity index (χ0n) is 14.4. The second-order valence-corrected chi connectivity index (χ2v) is 6.23. The number of fused-ring (bicyclic) bond motifs is 1. The van der Waals surface area contributed by atoms with E-state index in [2.05, 4.69) is 94.8 Å². The molecule has 0 saturated carbocycles. The Morgan fingerprint density at radius 1 is 0.760 bits per heavy atom. The van der Waals surface area contributed by atoms with Crippen molar-refractivity contribution in [1.82, 2.24) is 9.88 Å². The molecule has 0 bridgehead atoms. The van der Waals surface area contributed by atoms with Crippen LogP contribution in [0, 0.1) is 0 Å². The highest BCUT2D eigenvalue weighted by Gasteiger charge is 2.18. The van der Waals surface area contributed by atoms with Crippen molar-refractivity contribution in [2.75, 3.05) is 13.6 Å². The largest absolute Gasteiger partial charge is 0.319 e. The summed E-state index contributed by atoms with van der Waals surface area (Å²) < 4.78 is 2.40. The van der Waals surface area contributed by atoms with Crippen molar-refractivity contribution in [2.45, 2.75) is 6.42 Å². The average Bonchev–Trinajstić information content (AvgIpc) is 3.02.